The number of carboxylic acid groups (broad SMARTS) is 1. The number of amides is 2. The van der Waals surface area contributed by atoms with Crippen molar-refractivity contribution in [3.05, 3.63) is 81.1 Å². The molecule has 3 aromatic heterocycles. The van der Waals surface area contributed by atoms with E-state index in [1.165, 1.54) is 30.3 Å². The van der Waals surface area contributed by atoms with E-state index in [1.54, 1.807) is 44.5 Å². The minimum Gasteiger partial charge on any atom is -0.543 e. The number of carbonyl (C=O) groups is 3. The number of oxime groups is 2. The Morgan fingerprint density at radius 2 is 2.06 bits per heavy atom. The Morgan fingerprint density at radius 3 is 2.75 bits per heavy atom. The van der Waals surface area contributed by atoms with Crippen LogP contribution in [0.25, 0.3) is 5.65 Å². The lowest BCUT2D eigenvalue weighted by Crippen LogP contribution is -2.71. The molecule has 278 valence electrons. The first kappa shape index (κ1) is 36.2. The molecule has 1 aromatic carbocycles. The third-order valence-electron chi connectivity index (χ3n) is 8.98. The maximum Gasteiger partial charge on any atom is 0.307 e. The fourth-order valence-electron chi connectivity index (χ4n) is 6.35. The summed E-state index contributed by atoms with van der Waals surface area (Å²) in [6.45, 7) is 1.83. The van der Waals surface area contributed by atoms with E-state index in [2.05, 4.69) is 25.9 Å². The lowest BCUT2D eigenvalue weighted by Gasteiger charge is -2.50. The van der Waals surface area contributed by atoms with Gasteiger partial charge in [0.15, 0.2) is 22.9 Å². The maximum atomic E-state index is 15.4. The molecule has 0 aliphatic carbocycles. The van der Waals surface area contributed by atoms with Crippen LogP contribution in [-0.2, 0) is 37.1 Å². The van der Waals surface area contributed by atoms with Crippen molar-refractivity contribution in [3.8, 4) is 0 Å². The van der Waals surface area contributed by atoms with E-state index in [4.69, 9.17) is 32.7 Å². The number of β-lactam (4-membered cyclic amide) rings is 1. The van der Waals surface area contributed by atoms with E-state index in [-0.39, 0.29) is 63.6 Å². The average molecular weight is 786 g/mol. The third-order valence-corrected chi connectivity index (χ3v) is 11.3. The predicted octanol–water partition coefficient (Wildman–Crippen LogP) is -0.249. The molecule has 6 N–H and O–H groups in total. The lowest BCUT2D eigenvalue weighted by molar-refractivity contribution is -0.662. The maximum absolute atomic E-state index is 15.4. The van der Waals surface area contributed by atoms with Crippen LogP contribution in [0.15, 0.2) is 63.8 Å². The van der Waals surface area contributed by atoms with E-state index in [9.17, 15) is 19.5 Å². The summed E-state index contributed by atoms with van der Waals surface area (Å²) in [5.74, 6) is -3.19. The SMILES string of the molecule is CO/N=C(\C(=O)N[C@@H]1C(=O)N2C(C(=O)[O-])=C(Cn3ccc4n3cc[n+]4Cc3c(F)cc(/C(N)=N/OC4CCNCC4)cc3Cl)CS[C@H]12)c1csc(N)n1. The van der Waals surface area contributed by atoms with Crippen molar-refractivity contribution in [2.75, 3.05) is 31.7 Å². The van der Waals surface area contributed by atoms with Crippen molar-refractivity contribution in [3.63, 3.8) is 0 Å². The Balaban J connectivity index is 1.05. The zero-order valence-corrected chi connectivity index (χ0v) is 30.4. The van der Waals surface area contributed by atoms with Gasteiger partial charge in [0.25, 0.3) is 11.8 Å². The number of aromatic nitrogens is 4. The summed E-state index contributed by atoms with van der Waals surface area (Å²) in [6, 6.07) is 3.57. The van der Waals surface area contributed by atoms with Crippen molar-refractivity contribution < 1.29 is 38.1 Å². The Kier molecular flexibility index (Phi) is 10.3. The molecule has 6 heterocycles. The number of carboxylic acids is 1. The summed E-state index contributed by atoms with van der Waals surface area (Å²) in [6.07, 6.45) is 6.75. The molecule has 0 unspecified atom stereocenters. The van der Waals surface area contributed by atoms with Crippen LogP contribution in [0.1, 0.15) is 29.7 Å². The largest absolute Gasteiger partial charge is 0.543 e. The first-order valence-electron chi connectivity index (χ1n) is 16.3. The second-order valence-electron chi connectivity index (χ2n) is 12.3. The molecule has 7 rings (SSSR count). The number of nitrogen functional groups attached to an aromatic ring is 1. The van der Waals surface area contributed by atoms with Crippen LogP contribution in [0.4, 0.5) is 9.52 Å². The minimum atomic E-state index is -1.52. The number of hydrogen-bond acceptors (Lipinski definition) is 13. The molecule has 0 spiro atoms. The predicted molar refractivity (Wildman–Crippen MR) is 191 cm³/mol. The summed E-state index contributed by atoms with van der Waals surface area (Å²) in [5, 5.41) is 27.2. The molecule has 3 aliphatic heterocycles. The fraction of sp³-hybridized carbons (Fsp3) is 0.344. The van der Waals surface area contributed by atoms with E-state index in [0.29, 0.717) is 16.8 Å². The quantitative estimate of drug-likeness (QED) is 0.0482. The van der Waals surface area contributed by atoms with Gasteiger partial charge >= 0.3 is 5.65 Å². The molecule has 2 amide bonds. The number of amidine groups is 1. The molecule has 0 bridgehead atoms. The highest BCUT2D eigenvalue weighted by Gasteiger charge is 2.53. The number of rotatable bonds is 12. The first-order chi connectivity index (χ1) is 25.5. The van der Waals surface area contributed by atoms with Gasteiger partial charge in [-0.05, 0) is 43.6 Å². The highest BCUT2D eigenvalue weighted by Crippen LogP contribution is 2.40. The summed E-state index contributed by atoms with van der Waals surface area (Å²) < 4.78 is 20.7. The van der Waals surface area contributed by atoms with Crippen molar-refractivity contribution in [1.29, 1.82) is 0 Å². The molecular weight excluding hydrogens is 753 g/mol. The molecule has 2 fully saturated rings. The topological polar surface area (TPSA) is 223 Å². The van der Waals surface area contributed by atoms with Gasteiger partial charge in [-0.1, -0.05) is 21.9 Å². The standard InChI is InChI=1S/C32H33ClFN11O6S2/c1-50-40-24(22-15-53-32(36)38-22)28(46)39-25-29(47)45-26(31(48)49)17(14-52-30(25)45)12-43-7-4-23-42(8-9-44(23)43)13-19-20(33)10-16(11-21(19)34)27(35)41-51-18-2-5-37-6-3-18/h4,7-11,15,18,25,30,37H,2-3,5-6,12-14H2,1H3,(H5-,35,36,38,39,41,46,48,49)/b40-24-/t25-,30-/m1/s1. The number of thioether (sulfide) groups is 1. The number of nitrogens with two attached hydrogens (primary N) is 2. The molecule has 0 saturated carbocycles. The number of piperidine rings is 1. The van der Waals surface area contributed by atoms with Crippen LogP contribution in [0.5, 0.6) is 0 Å². The highest BCUT2D eigenvalue weighted by molar-refractivity contribution is 8.00. The number of carbonyl (C=O) groups excluding carboxylic acids is 3. The zero-order valence-electron chi connectivity index (χ0n) is 28.0. The van der Waals surface area contributed by atoms with E-state index >= 15 is 4.39 Å². The van der Waals surface area contributed by atoms with Gasteiger partial charge in [-0.2, -0.15) is 0 Å². The van der Waals surface area contributed by atoms with Gasteiger partial charge in [-0.15, -0.1) is 27.6 Å². The molecule has 53 heavy (non-hydrogen) atoms. The molecule has 17 nitrogen and oxygen atoms in total. The van der Waals surface area contributed by atoms with Gasteiger partial charge in [0, 0.05) is 22.3 Å². The number of anilines is 1. The summed E-state index contributed by atoms with van der Waals surface area (Å²) in [5.41, 5.74) is 13.1. The van der Waals surface area contributed by atoms with Crippen molar-refractivity contribution >= 4 is 74.8 Å². The number of hydrogen-bond donors (Lipinski definition) is 4. The highest BCUT2D eigenvalue weighted by atomic mass is 35.5. The lowest BCUT2D eigenvalue weighted by atomic mass is 10.0. The van der Waals surface area contributed by atoms with Crippen LogP contribution < -0.4 is 31.8 Å². The van der Waals surface area contributed by atoms with Crippen LogP contribution in [-0.4, -0.2) is 91.9 Å². The van der Waals surface area contributed by atoms with Gasteiger partial charge < -0.3 is 41.7 Å². The smallest absolute Gasteiger partial charge is 0.307 e. The normalized spacial score (nSPS) is 19.7. The van der Waals surface area contributed by atoms with Crippen LogP contribution in [0.2, 0.25) is 5.02 Å². The second kappa shape index (κ2) is 15.0. The average Bonchev–Trinajstić information content (AvgIpc) is 3.87. The Hall–Kier alpha value is -5.18. The molecule has 4 aromatic rings. The van der Waals surface area contributed by atoms with Gasteiger partial charge in [-0.25, -0.2) is 18.6 Å². The summed E-state index contributed by atoms with van der Waals surface area (Å²) in [4.78, 5) is 54.3. The number of benzene rings is 1. The molecule has 21 heteroatoms. The Labute approximate surface area is 314 Å². The summed E-state index contributed by atoms with van der Waals surface area (Å²) >= 11 is 8.95. The number of nitrogens with zero attached hydrogens (tertiary/aromatic N) is 7. The van der Waals surface area contributed by atoms with E-state index in [1.807, 2.05) is 0 Å². The summed E-state index contributed by atoms with van der Waals surface area (Å²) in [7, 11) is 1.26. The Bertz CT molecular complexity index is 2170. The number of aliphatic carboxylic acids is 1. The van der Waals surface area contributed by atoms with Gasteiger partial charge in [0.05, 0.1) is 35.5 Å². The van der Waals surface area contributed by atoms with Crippen LogP contribution in [0.3, 0.4) is 0 Å². The molecule has 0 radical (unpaired) electrons. The third kappa shape index (κ3) is 7.13. The fourth-order valence-corrected chi connectivity index (χ4v) is 8.50. The number of nitrogens with one attached hydrogen (secondary N) is 2. The number of halogens is 2. The number of thiazole rings is 1. The monoisotopic (exact) mass is 785 g/mol. The van der Waals surface area contributed by atoms with E-state index in [0.717, 1.165) is 42.2 Å². The molecule has 2 saturated heterocycles. The minimum absolute atomic E-state index is 0.0211. The Morgan fingerprint density at radius 1 is 1.26 bits per heavy atom. The number of imidazole rings is 1. The number of fused-ring (bicyclic) bond motifs is 2. The van der Waals surface area contributed by atoms with Gasteiger partial charge in [0.1, 0.15) is 48.9 Å². The second-order valence-corrected chi connectivity index (χ2v) is 14.7. The van der Waals surface area contributed by atoms with Gasteiger partial charge in [-0.3, -0.25) is 14.5 Å². The molecular formula is C32H33ClFN11O6S2. The molecule has 3 aliphatic rings. The van der Waals surface area contributed by atoms with Crippen LogP contribution in [0, 0.1) is 5.82 Å². The van der Waals surface area contributed by atoms with Gasteiger partial charge in [0.2, 0.25) is 0 Å². The molecule has 2 atom stereocenters. The van der Waals surface area contributed by atoms with E-state index < -0.39 is 35.0 Å². The first-order valence-corrected chi connectivity index (χ1v) is 18.6. The van der Waals surface area contributed by atoms with Crippen molar-refractivity contribution in [1.82, 2.24) is 29.7 Å². The van der Waals surface area contributed by atoms with Crippen molar-refractivity contribution in [2.45, 2.75) is 43.5 Å². The van der Waals surface area contributed by atoms with Crippen molar-refractivity contribution in [2.24, 2.45) is 16.0 Å². The van der Waals surface area contributed by atoms with Crippen LogP contribution >= 0.6 is 34.7 Å². The zero-order chi connectivity index (χ0) is 37.4.